The van der Waals surface area contributed by atoms with Crippen molar-refractivity contribution in [2.45, 2.75) is 6.92 Å². The van der Waals surface area contributed by atoms with Gasteiger partial charge in [-0.25, -0.2) is 9.79 Å². The molecule has 4 heteroatoms. The summed E-state index contributed by atoms with van der Waals surface area (Å²) in [7, 11) is 1.38. The molecule has 0 bridgehead atoms. The molecule has 0 saturated heterocycles. The van der Waals surface area contributed by atoms with Crippen molar-refractivity contribution in [3.63, 3.8) is 0 Å². The summed E-state index contributed by atoms with van der Waals surface area (Å²) in [6, 6.07) is 0. The molecular formula is C4H7NO3. The van der Waals surface area contributed by atoms with Crippen LogP contribution in [0.2, 0.25) is 0 Å². The van der Waals surface area contributed by atoms with Crippen molar-refractivity contribution in [3.05, 3.63) is 0 Å². The molecule has 46 valence electrons. The lowest BCUT2D eigenvalue weighted by Gasteiger charge is -1.59. The van der Waals surface area contributed by atoms with E-state index in [1.165, 1.54) is 13.1 Å². The van der Waals surface area contributed by atoms with Crippen LogP contribution in [-0.4, -0.2) is 24.2 Å². The first-order valence-electron chi connectivity index (χ1n) is 1.80. The summed E-state index contributed by atoms with van der Waals surface area (Å²) in [5, 5.41) is 7.42. The number of carbonyl (C=O) groups is 1. The van der Waals surface area contributed by atoms with Crippen molar-refractivity contribution >= 4 is 12.0 Å². The molecule has 0 radical (unpaired) electrons. The number of aliphatic carboxylic acids is 1. The molecule has 0 aromatic carbocycles. The highest BCUT2D eigenvalue weighted by Gasteiger charge is 1.65. The van der Waals surface area contributed by atoms with Gasteiger partial charge in [0.1, 0.15) is 0 Å². The monoisotopic (exact) mass is 117 g/mol. The van der Waals surface area contributed by atoms with E-state index < -0.39 is 5.97 Å². The molecular weight excluding hydrogens is 110 g/mol. The van der Waals surface area contributed by atoms with E-state index in [4.69, 9.17) is 14.7 Å². The van der Waals surface area contributed by atoms with E-state index in [-0.39, 0.29) is 0 Å². The molecule has 0 saturated carbocycles. The highest BCUT2D eigenvalue weighted by atomic mass is 16.4. The van der Waals surface area contributed by atoms with Crippen LogP contribution in [0.5, 0.6) is 0 Å². The Labute approximate surface area is 46.9 Å². The minimum absolute atomic E-state index is 0.833. The average molecular weight is 117 g/mol. The van der Waals surface area contributed by atoms with Gasteiger partial charge in [-0.05, 0) is 0 Å². The van der Waals surface area contributed by atoms with E-state index in [2.05, 4.69) is 4.99 Å². The summed E-state index contributed by atoms with van der Waals surface area (Å²) in [6.45, 7) is 1.08. The molecule has 0 unspecified atom stereocenters. The topological polar surface area (TPSA) is 66.7 Å². The summed E-state index contributed by atoms with van der Waals surface area (Å²) in [4.78, 5) is 20.8. The van der Waals surface area contributed by atoms with Crippen LogP contribution >= 0.6 is 0 Å². The molecule has 4 nitrogen and oxygen atoms in total. The van der Waals surface area contributed by atoms with Gasteiger partial charge >= 0.3 is 0 Å². The lowest BCUT2D eigenvalue weighted by molar-refractivity contribution is -0.134. The van der Waals surface area contributed by atoms with Crippen molar-refractivity contribution in [1.29, 1.82) is 0 Å². The third kappa shape index (κ3) is 3200. The molecule has 1 N–H and O–H groups in total. The molecule has 0 aromatic rings. The number of hydrogen-bond donors (Lipinski definition) is 1. The van der Waals surface area contributed by atoms with Gasteiger partial charge in [0.2, 0.25) is 6.08 Å². The lowest BCUT2D eigenvalue weighted by Crippen LogP contribution is -1.78. The molecule has 0 aliphatic heterocycles. The molecule has 0 amide bonds. The Morgan fingerprint density at radius 1 is 1.75 bits per heavy atom. The second-order valence-corrected chi connectivity index (χ2v) is 0.834. The van der Waals surface area contributed by atoms with Crippen molar-refractivity contribution < 1.29 is 14.7 Å². The summed E-state index contributed by atoms with van der Waals surface area (Å²) < 4.78 is 0. The average Bonchev–Trinajstić information content (AvgIpc) is 1.65. The van der Waals surface area contributed by atoms with Crippen LogP contribution in [-0.2, 0) is 9.59 Å². The Hall–Kier alpha value is -1.15. The van der Waals surface area contributed by atoms with Crippen molar-refractivity contribution in [3.8, 4) is 0 Å². The maximum Gasteiger partial charge on any atom is 0.300 e. The highest BCUT2D eigenvalue weighted by molar-refractivity contribution is 5.62. The van der Waals surface area contributed by atoms with E-state index in [9.17, 15) is 0 Å². The molecule has 0 heterocycles. The Kier molecular flexibility index (Phi) is 11.6. The van der Waals surface area contributed by atoms with E-state index >= 15 is 0 Å². The molecule has 0 aliphatic carbocycles. The minimum atomic E-state index is -0.833. The molecule has 0 aromatic heterocycles. The van der Waals surface area contributed by atoms with Crippen LogP contribution in [0.3, 0.4) is 0 Å². The fourth-order valence-corrected chi connectivity index (χ4v) is 0. The minimum Gasteiger partial charge on any atom is -0.481 e. The summed E-state index contributed by atoms with van der Waals surface area (Å²) in [6.07, 6.45) is 1.31. The largest absolute Gasteiger partial charge is 0.481 e. The van der Waals surface area contributed by atoms with Gasteiger partial charge in [0.05, 0.1) is 0 Å². The second kappa shape index (κ2) is 9.28. The summed E-state index contributed by atoms with van der Waals surface area (Å²) in [5.41, 5.74) is 0. The van der Waals surface area contributed by atoms with Crippen LogP contribution in [0.4, 0.5) is 0 Å². The van der Waals surface area contributed by atoms with Crippen molar-refractivity contribution in [2.24, 2.45) is 4.99 Å². The SMILES string of the molecule is CC(=O)O.CN=C=O. The van der Waals surface area contributed by atoms with Crippen LogP contribution in [0.15, 0.2) is 4.99 Å². The number of aliphatic imine (C=N–C) groups is 1. The number of hydrogen-bond acceptors (Lipinski definition) is 3. The van der Waals surface area contributed by atoms with Gasteiger partial charge in [-0.15, -0.1) is 0 Å². The van der Waals surface area contributed by atoms with Gasteiger partial charge in [-0.3, -0.25) is 4.79 Å². The van der Waals surface area contributed by atoms with Crippen molar-refractivity contribution in [1.82, 2.24) is 0 Å². The first kappa shape index (κ1) is 9.97. The molecule has 0 fully saturated rings. The Morgan fingerprint density at radius 3 is 1.88 bits per heavy atom. The lowest BCUT2D eigenvalue weighted by atomic mass is 10.9. The fourth-order valence-electron chi connectivity index (χ4n) is 0. The molecule has 8 heavy (non-hydrogen) atoms. The Bertz CT molecular complexity index is 99.9. The van der Waals surface area contributed by atoms with Gasteiger partial charge in [-0.1, -0.05) is 0 Å². The number of nitrogens with zero attached hydrogens (tertiary/aromatic N) is 1. The maximum atomic E-state index is 9.00. The van der Waals surface area contributed by atoms with Crippen LogP contribution in [0.1, 0.15) is 6.92 Å². The normalized spacial score (nSPS) is 5.25. The quantitative estimate of drug-likeness (QED) is 0.360. The third-order valence-corrected chi connectivity index (χ3v) is 0.0913. The zero-order chi connectivity index (χ0) is 6.99. The van der Waals surface area contributed by atoms with Crippen LogP contribution in [0.25, 0.3) is 0 Å². The van der Waals surface area contributed by atoms with Gasteiger partial charge in [0.25, 0.3) is 5.97 Å². The second-order valence-electron chi connectivity index (χ2n) is 0.834. The Balaban J connectivity index is 0. The number of carboxylic acids is 1. The van der Waals surface area contributed by atoms with Gasteiger partial charge in [0, 0.05) is 14.0 Å². The van der Waals surface area contributed by atoms with Crippen molar-refractivity contribution in [2.75, 3.05) is 7.05 Å². The van der Waals surface area contributed by atoms with Crippen LogP contribution < -0.4 is 0 Å². The molecule has 0 spiro atoms. The van der Waals surface area contributed by atoms with Gasteiger partial charge in [0.15, 0.2) is 0 Å². The maximum absolute atomic E-state index is 9.00. The van der Waals surface area contributed by atoms with Gasteiger partial charge < -0.3 is 5.11 Å². The van der Waals surface area contributed by atoms with E-state index in [1.54, 1.807) is 0 Å². The number of rotatable bonds is 0. The molecule has 0 aliphatic rings. The van der Waals surface area contributed by atoms with E-state index in [1.807, 2.05) is 0 Å². The number of carboxylic acid groups (broad SMARTS) is 1. The zero-order valence-corrected chi connectivity index (χ0v) is 4.71. The van der Waals surface area contributed by atoms with Crippen LogP contribution in [0, 0.1) is 0 Å². The Morgan fingerprint density at radius 2 is 1.88 bits per heavy atom. The number of isocyanates is 1. The smallest absolute Gasteiger partial charge is 0.300 e. The molecule has 0 rings (SSSR count). The first-order valence-corrected chi connectivity index (χ1v) is 1.80. The zero-order valence-electron chi connectivity index (χ0n) is 4.71. The standard InChI is InChI=1S/C2H3NO.C2H4O2/c1-3-2-4;1-2(3)4/h1H3;1H3,(H,3,4). The van der Waals surface area contributed by atoms with Gasteiger partial charge in [-0.2, -0.15) is 0 Å². The predicted molar refractivity (Wildman–Crippen MR) is 27.4 cm³/mol. The first-order chi connectivity index (χ1) is 3.65. The van der Waals surface area contributed by atoms with E-state index in [0.717, 1.165) is 6.92 Å². The predicted octanol–water partition coefficient (Wildman–Crippen LogP) is 0.0429. The molecule has 0 atom stereocenters. The highest BCUT2D eigenvalue weighted by Crippen LogP contribution is 1.42. The fraction of sp³-hybridized carbons (Fsp3) is 0.500. The van der Waals surface area contributed by atoms with E-state index in [0.29, 0.717) is 0 Å². The summed E-state index contributed by atoms with van der Waals surface area (Å²) in [5.74, 6) is -0.833. The number of carbonyl (C=O) groups excluding carboxylic acids is 1. The third-order valence-electron chi connectivity index (χ3n) is 0.0913. The summed E-state index contributed by atoms with van der Waals surface area (Å²) >= 11 is 0.